The molecule has 1 aromatic carbocycles. The lowest BCUT2D eigenvalue weighted by Crippen LogP contribution is -2.52. The first-order valence-corrected chi connectivity index (χ1v) is 7.65. The summed E-state index contributed by atoms with van der Waals surface area (Å²) in [7, 11) is 1.73. The van der Waals surface area contributed by atoms with Crippen molar-refractivity contribution in [3.05, 3.63) is 54.1 Å². The molecule has 1 fully saturated rings. The van der Waals surface area contributed by atoms with Crippen molar-refractivity contribution in [3.63, 3.8) is 0 Å². The van der Waals surface area contributed by atoms with Gasteiger partial charge in [-0.1, -0.05) is 30.3 Å². The minimum Gasteiger partial charge on any atom is -0.379 e. The summed E-state index contributed by atoms with van der Waals surface area (Å²) in [6, 6.07) is 10.3. The smallest absolute Gasteiger partial charge is 0.272 e. The van der Waals surface area contributed by atoms with Gasteiger partial charge in [0.05, 0.1) is 24.7 Å². The molecule has 1 aromatic heterocycles. The van der Waals surface area contributed by atoms with Gasteiger partial charge < -0.3 is 14.6 Å². The van der Waals surface area contributed by atoms with Crippen LogP contribution in [0.4, 0.5) is 0 Å². The second-order valence-electron chi connectivity index (χ2n) is 5.64. The van der Waals surface area contributed by atoms with Gasteiger partial charge in [-0.15, -0.1) is 0 Å². The quantitative estimate of drug-likeness (QED) is 0.942. The number of aromatic nitrogens is 2. The highest BCUT2D eigenvalue weighted by Crippen LogP contribution is 2.24. The number of likely N-dealkylation sites (tertiary alicyclic amines) is 1. The van der Waals surface area contributed by atoms with Gasteiger partial charge in [-0.3, -0.25) is 4.79 Å². The summed E-state index contributed by atoms with van der Waals surface area (Å²) in [5.74, 6) is 0.000168. The number of piperidine rings is 1. The molecule has 1 aliphatic rings. The van der Waals surface area contributed by atoms with Crippen molar-refractivity contribution in [1.82, 2.24) is 14.9 Å². The summed E-state index contributed by atoms with van der Waals surface area (Å²) in [6.07, 6.45) is 5.94. The van der Waals surface area contributed by atoms with E-state index in [1.165, 1.54) is 11.9 Å². The number of ether oxygens (including phenoxy) is 1. The van der Waals surface area contributed by atoms with E-state index >= 15 is 0 Å². The fraction of sp³-hybridized carbons (Fsp3) is 0.412. The van der Waals surface area contributed by atoms with E-state index in [1.807, 2.05) is 23.1 Å². The second-order valence-corrected chi connectivity index (χ2v) is 5.64. The van der Waals surface area contributed by atoms with Crippen molar-refractivity contribution in [1.29, 1.82) is 0 Å². The third-order valence-electron chi connectivity index (χ3n) is 4.30. The molecule has 0 radical (unpaired) electrons. The van der Waals surface area contributed by atoms with Gasteiger partial charge in [0, 0.05) is 13.7 Å². The minimum atomic E-state index is 0.000168. The van der Waals surface area contributed by atoms with Gasteiger partial charge in [0.25, 0.3) is 5.91 Å². The van der Waals surface area contributed by atoms with Crippen molar-refractivity contribution in [2.75, 3.05) is 13.7 Å². The summed E-state index contributed by atoms with van der Waals surface area (Å²) in [6.45, 7) is 0.759. The molecule has 0 saturated carbocycles. The summed E-state index contributed by atoms with van der Waals surface area (Å²) in [5.41, 5.74) is 1.76. The molecule has 0 spiro atoms. The summed E-state index contributed by atoms with van der Waals surface area (Å²) >= 11 is 0. The number of imidazole rings is 1. The molecule has 2 atom stereocenters. The number of carbonyl (C=O) groups is 1. The molecule has 1 amide bonds. The van der Waals surface area contributed by atoms with Gasteiger partial charge in [0.2, 0.25) is 0 Å². The number of amides is 1. The molecule has 5 nitrogen and oxygen atoms in total. The molecular formula is C17H21N3O2. The first kappa shape index (κ1) is 14.8. The summed E-state index contributed by atoms with van der Waals surface area (Å²) < 4.78 is 5.65. The van der Waals surface area contributed by atoms with Gasteiger partial charge in [0.15, 0.2) is 0 Å². The van der Waals surface area contributed by atoms with E-state index in [-0.39, 0.29) is 18.1 Å². The average Bonchev–Trinajstić information content (AvgIpc) is 3.10. The van der Waals surface area contributed by atoms with E-state index in [0.717, 1.165) is 25.8 Å². The molecule has 22 heavy (non-hydrogen) atoms. The largest absolute Gasteiger partial charge is 0.379 e. The van der Waals surface area contributed by atoms with Gasteiger partial charge in [0.1, 0.15) is 5.69 Å². The maximum absolute atomic E-state index is 12.7. The number of nitrogens with zero attached hydrogens (tertiary/aromatic N) is 2. The predicted octanol–water partition coefficient (Wildman–Crippen LogP) is 2.27. The highest BCUT2D eigenvalue weighted by atomic mass is 16.5. The van der Waals surface area contributed by atoms with E-state index in [0.29, 0.717) is 5.69 Å². The highest BCUT2D eigenvalue weighted by molar-refractivity contribution is 5.92. The van der Waals surface area contributed by atoms with Crippen molar-refractivity contribution < 1.29 is 9.53 Å². The maximum Gasteiger partial charge on any atom is 0.272 e. The molecule has 1 saturated heterocycles. The number of nitrogens with one attached hydrogen (secondary N) is 1. The van der Waals surface area contributed by atoms with Gasteiger partial charge in [-0.05, 0) is 24.8 Å². The number of hydrogen-bond acceptors (Lipinski definition) is 3. The molecule has 0 unspecified atom stereocenters. The Balaban J connectivity index is 1.84. The number of carbonyl (C=O) groups excluding carboxylic acids is 1. The Kier molecular flexibility index (Phi) is 4.53. The Hall–Kier alpha value is -2.14. The molecule has 1 aliphatic heterocycles. The third-order valence-corrected chi connectivity index (χ3v) is 4.30. The van der Waals surface area contributed by atoms with Crippen LogP contribution in [0.5, 0.6) is 0 Å². The predicted molar refractivity (Wildman–Crippen MR) is 83.6 cm³/mol. The molecule has 116 valence electrons. The standard InChI is InChI=1S/C17H21N3O2/c1-22-16-8-5-9-20(17(21)14-11-18-12-19-14)15(16)10-13-6-3-2-4-7-13/h2-4,6-7,11-12,15-16H,5,8-10H2,1H3,(H,18,19)/t15-,16-/m0/s1. The molecule has 0 aliphatic carbocycles. The van der Waals surface area contributed by atoms with Crippen molar-refractivity contribution >= 4 is 5.91 Å². The van der Waals surface area contributed by atoms with Crippen LogP contribution in [0.2, 0.25) is 0 Å². The van der Waals surface area contributed by atoms with Gasteiger partial charge in [-0.2, -0.15) is 0 Å². The Morgan fingerprint density at radius 2 is 2.23 bits per heavy atom. The fourth-order valence-electron chi connectivity index (χ4n) is 3.17. The zero-order chi connectivity index (χ0) is 15.4. The van der Waals surface area contributed by atoms with E-state index in [1.54, 1.807) is 13.3 Å². The average molecular weight is 299 g/mol. The van der Waals surface area contributed by atoms with Gasteiger partial charge >= 0.3 is 0 Å². The first-order chi connectivity index (χ1) is 10.8. The number of methoxy groups -OCH3 is 1. The zero-order valence-corrected chi connectivity index (χ0v) is 12.7. The van der Waals surface area contributed by atoms with E-state index < -0.39 is 0 Å². The van der Waals surface area contributed by atoms with E-state index in [4.69, 9.17) is 4.74 Å². The molecule has 2 aromatic rings. The molecule has 3 rings (SSSR count). The van der Waals surface area contributed by atoms with Crippen LogP contribution in [0.15, 0.2) is 42.9 Å². The van der Waals surface area contributed by atoms with Crippen LogP contribution in [0.25, 0.3) is 0 Å². The second kappa shape index (κ2) is 6.75. The van der Waals surface area contributed by atoms with Crippen LogP contribution in [0, 0.1) is 0 Å². The van der Waals surface area contributed by atoms with Crippen LogP contribution >= 0.6 is 0 Å². The number of aromatic amines is 1. The number of hydrogen-bond donors (Lipinski definition) is 1. The summed E-state index contributed by atoms with van der Waals surface area (Å²) in [4.78, 5) is 21.5. The van der Waals surface area contributed by atoms with E-state index in [9.17, 15) is 4.79 Å². The minimum absolute atomic E-state index is 0.000168. The highest BCUT2D eigenvalue weighted by Gasteiger charge is 2.35. The summed E-state index contributed by atoms with van der Waals surface area (Å²) in [5, 5.41) is 0. The molecular weight excluding hydrogens is 278 g/mol. The lowest BCUT2D eigenvalue weighted by atomic mass is 9.92. The molecule has 2 heterocycles. The topological polar surface area (TPSA) is 58.2 Å². The molecule has 0 bridgehead atoms. The van der Waals surface area contributed by atoms with E-state index in [2.05, 4.69) is 22.1 Å². The lowest BCUT2D eigenvalue weighted by molar-refractivity contribution is -0.0119. The monoisotopic (exact) mass is 299 g/mol. The third kappa shape index (κ3) is 3.04. The Bertz CT molecular complexity index is 598. The van der Waals surface area contributed by atoms with Crippen LogP contribution in [-0.2, 0) is 11.2 Å². The fourth-order valence-corrected chi connectivity index (χ4v) is 3.17. The van der Waals surface area contributed by atoms with Crippen LogP contribution < -0.4 is 0 Å². The van der Waals surface area contributed by atoms with Crippen molar-refractivity contribution in [2.45, 2.75) is 31.4 Å². The lowest BCUT2D eigenvalue weighted by Gasteiger charge is -2.40. The number of benzene rings is 1. The first-order valence-electron chi connectivity index (χ1n) is 7.65. The maximum atomic E-state index is 12.7. The van der Waals surface area contributed by atoms with Crippen molar-refractivity contribution in [2.24, 2.45) is 0 Å². The Morgan fingerprint density at radius 3 is 2.91 bits per heavy atom. The zero-order valence-electron chi connectivity index (χ0n) is 12.7. The van der Waals surface area contributed by atoms with Gasteiger partial charge in [-0.25, -0.2) is 4.98 Å². The van der Waals surface area contributed by atoms with Crippen LogP contribution in [-0.4, -0.2) is 46.6 Å². The Morgan fingerprint density at radius 1 is 1.41 bits per heavy atom. The van der Waals surface area contributed by atoms with Crippen LogP contribution in [0.1, 0.15) is 28.9 Å². The SMILES string of the molecule is CO[C@H]1CCCN(C(=O)c2cnc[nH]2)[C@H]1Cc1ccccc1. The molecule has 1 N–H and O–H groups in total. The number of H-pyrrole nitrogens is 1. The van der Waals surface area contributed by atoms with Crippen LogP contribution in [0.3, 0.4) is 0 Å². The number of rotatable bonds is 4. The normalized spacial score (nSPS) is 21.8. The molecule has 5 heteroatoms. The Labute approximate surface area is 130 Å². The van der Waals surface area contributed by atoms with Crippen molar-refractivity contribution in [3.8, 4) is 0 Å².